The molecule has 0 aliphatic heterocycles. The topological polar surface area (TPSA) is 73.6 Å². The van der Waals surface area contributed by atoms with Crippen molar-refractivity contribution in [3.8, 4) is 5.75 Å². The van der Waals surface area contributed by atoms with Crippen LogP contribution in [0.5, 0.6) is 5.75 Å². The first kappa shape index (κ1) is 16.3. The maximum atomic E-state index is 11.7. The lowest BCUT2D eigenvalue weighted by Crippen LogP contribution is -2.46. The molecule has 5 nitrogen and oxygen atoms in total. The Morgan fingerprint density at radius 1 is 1.25 bits per heavy atom. The van der Waals surface area contributed by atoms with Crippen LogP contribution in [0.2, 0.25) is 0 Å². The van der Waals surface area contributed by atoms with Crippen LogP contribution in [-0.4, -0.2) is 25.3 Å². The van der Waals surface area contributed by atoms with Gasteiger partial charge in [0.1, 0.15) is 11.4 Å². The highest BCUT2D eigenvalue weighted by atomic mass is 16.6. The minimum atomic E-state index is -0.747. The normalized spacial score (nSPS) is 14.3. The number of benzene rings is 1. The van der Waals surface area contributed by atoms with Gasteiger partial charge in [-0.25, -0.2) is 4.79 Å². The molecular formula is C15H24N2O3. The average molecular weight is 280 g/mol. The molecule has 1 aromatic carbocycles. The zero-order valence-electron chi connectivity index (χ0n) is 12.8. The Balaban J connectivity index is 2.73. The van der Waals surface area contributed by atoms with Crippen LogP contribution in [-0.2, 0) is 10.3 Å². The number of nitrogens with two attached hydrogens (primary N) is 1. The lowest BCUT2D eigenvalue weighted by atomic mass is 9.92. The van der Waals surface area contributed by atoms with Crippen LogP contribution in [0.3, 0.4) is 0 Å². The summed E-state index contributed by atoms with van der Waals surface area (Å²) in [7, 11) is 1.59. The third-order valence-electron chi connectivity index (χ3n) is 2.72. The molecule has 5 heteroatoms. The minimum absolute atomic E-state index is 0.252. The molecule has 0 aliphatic carbocycles. The Labute approximate surface area is 120 Å². The van der Waals surface area contributed by atoms with Gasteiger partial charge in [-0.2, -0.15) is 0 Å². The number of methoxy groups -OCH3 is 1. The van der Waals surface area contributed by atoms with Crippen LogP contribution in [0.25, 0.3) is 0 Å². The zero-order valence-corrected chi connectivity index (χ0v) is 12.8. The van der Waals surface area contributed by atoms with E-state index in [0.717, 1.165) is 5.56 Å². The summed E-state index contributed by atoms with van der Waals surface area (Å²) in [6.07, 6.45) is -0.482. The smallest absolute Gasteiger partial charge is 0.407 e. The van der Waals surface area contributed by atoms with E-state index in [2.05, 4.69) is 5.32 Å². The number of nitrogens with one attached hydrogen (secondary N) is 1. The molecule has 0 fully saturated rings. The molecule has 1 amide bonds. The summed E-state index contributed by atoms with van der Waals surface area (Å²) in [4.78, 5) is 11.7. The molecule has 0 saturated carbocycles. The monoisotopic (exact) mass is 280 g/mol. The lowest BCUT2D eigenvalue weighted by molar-refractivity contribution is 0.0516. The molecular weight excluding hydrogens is 256 g/mol. The quantitative estimate of drug-likeness (QED) is 0.888. The fraction of sp³-hybridized carbons (Fsp3) is 0.533. The van der Waals surface area contributed by atoms with Crippen molar-refractivity contribution in [2.24, 2.45) is 5.73 Å². The lowest BCUT2D eigenvalue weighted by Gasteiger charge is -2.28. The first-order valence-corrected chi connectivity index (χ1v) is 6.55. The van der Waals surface area contributed by atoms with Gasteiger partial charge >= 0.3 is 6.09 Å². The molecule has 3 N–H and O–H groups in total. The van der Waals surface area contributed by atoms with Gasteiger partial charge in [0, 0.05) is 12.1 Å². The molecule has 20 heavy (non-hydrogen) atoms. The van der Waals surface area contributed by atoms with E-state index < -0.39 is 17.2 Å². The van der Waals surface area contributed by atoms with Gasteiger partial charge in [-0.1, -0.05) is 18.2 Å². The molecule has 0 radical (unpaired) electrons. The highest BCUT2D eigenvalue weighted by Crippen LogP contribution is 2.27. The number of hydrogen-bond acceptors (Lipinski definition) is 4. The van der Waals surface area contributed by atoms with Crippen LogP contribution < -0.4 is 15.8 Å². The maximum absolute atomic E-state index is 11.7. The van der Waals surface area contributed by atoms with Gasteiger partial charge in [-0.15, -0.1) is 0 Å². The van der Waals surface area contributed by atoms with Crippen molar-refractivity contribution < 1.29 is 14.3 Å². The van der Waals surface area contributed by atoms with Crippen molar-refractivity contribution >= 4 is 6.09 Å². The summed E-state index contributed by atoms with van der Waals surface area (Å²) in [5.41, 5.74) is 5.83. The summed E-state index contributed by atoms with van der Waals surface area (Å²) < 4.78 is 10.5. The number of carbonyl (C=O) groups excluding carboxylic acids is 1. The zero-order chi connectivity index (χ0) is 15.4. The number of amides is 1. The molecule has 1 unspecified atom stereocenters. The molecule has 1 rings (SSSR count). The van der Waals surface area contributed by atoms with Gasteiger partial charge in [0.15, 0.2) is 0 Å². The van der Waals surface area contributed by atoms with Crippen LogP contribution in [0.1, 0.15) is 33.3 Å². The molecule has 112 valence electrons. The Hall–Kier alpha value is -1.75. The van der Waals surface area contributed by atoms with E-state index in [-0.39, 0.29) is 6.54 Å². The highest BCUT2D eigenvalue weighted by Gasteiger charge is 2.26. The molecule has 0 saturated heterocycles. The van der Waals surface area contributed by atoms with E-state index in [0.29, 0.717) is 5.75 Å². The molecule has 0 aliphatic rings. The fourth-order valence-corrected chi connectivity index (χ4v) is 1.78. The number of carbonyl (C=O) groups is 1. The van der Waals surface area contributed by atoms with E-state index in [1.165, 1.54) is 0 Å². The van der Waals surface area contributed by atoms with Gasteiger partial charge < -0.3 is 20.5 Å². The third kappa shape index (κ3) is 4.74. The van der Waals surface area contributed by atoms with Crippen molar-refractivity contribution in [1.29, 1.82) is 0 Å². The van der Waals surface area contributed by atoms with E-state index in [4.69, 9.17) is 15.2 Å². The molecule has 1 atom stereocenters. The van der Waals surface area contributed by atoms with E-state index in [1.54, 1.807) is 7.11 Å². The fourth-order valence-electron chi connectivity index (χ4n) is 1.78. The standard InChI is InChI=1S/C15H24N2O3/c1-14(2,3)20-13(18)17-10-15(4,16)11-8-6-7-9-12(11)19-5/h6-9H,10,16H2,1-5H3,(H,17,18). The van der Waals surface area contributed by atoms with Crippen LogP contribution in [0.4, 0.5) is 4.79 Å². The number of para-hydroxylation sites is 1. The largest absolute Gasteiger partial charge is 0.496 e. The summed E-state index contributed by atoms with van der Waals surface area (Å²) in [6.45, 7) is 7.53. The van der Waals surface area contributed by atoms with E-state index in [1.807, 2.05) is 52.0 Å². The van der Waals surface area contributed by atoms with Crippen LogP contribution in [0, 0.1) is 0 Å². The van der Waals surface area contributed by atoms with E-state index in [9.17, 15) is 4.79 Å². The summed E-state index contributed by atoms with van der Waals surface area (Å²) in [5, 5.41) is 2.69. The summed E-state index contributed by atoms with van der Waals surface area (Å²) in [6, 6.07) is 7.49. The van der Waals surface area contributed by atoms with Gasteiger partial charge in [0.2, 0.25) is 0 Å². The maximum Gasteiger partial charge on any atom is 0.407 e. The third-order valence-corrected chi connectivity index (χ3v) is 2.72. The summed E-state index contributed by atoms with van der Waals surface area (Å²) in [5.74, 6) is 0.698. The second-order valence-corrected chi connectivity index (χ2v) is 5.97. The molecule has 1 aromatic rings. The van der Waals surface area contributed by atoms with Crippen molar-refractivity contribution in [2.45, 2.75) is 38.8 Å². The van der Waals surface area contributed by atoms with Crippen LogP contribution in [0.15, 0.2) is 24.3 Å². The Kier molecular flexibility index (Phi) is 5.00. The summed E-state index contributed by atoms with van der Waals surface area (Å²) >= 11 is 0. The molecule has 0 bridgehead atoms. The highest BCUT2D eigenvalue weighted by molar-refractivity contribution is 5.67. The predicted octanol–water partition coefficient (Wildman–Crippen LogP) is 2.39. The minimum Gasteiger partial charge on any atom is -0.496 e. The molecule has 0 spiro atoms. The van der Waals surface area contributed by atoms with Gasteiger partial charge in [0.05, 0.1) is 12.6 Å². The predicted molar refractivity (Wildman–Crippen MR) is 78.8 cm³/mol. The Morgan fingerprint density at radius 2 is 1.85 bits per heavy atom. The first-order valence-electron chi connectivity index (χ1n) is 6.55. The second-order valence-electron chi connectivity index (χ2n) is 5.97. The van der Waals surface area contributed by atoms with E-state index >= 15 is 0 Å². The average Bonchev–Trinajstić information content (AvgIpc) is 2.34. The van der Waals surface area contributed by atoms with Crippen molar-refractivity contribution in [2.75, 3.05) is 13.7 Å². The van der Waals surface area contributed by atoms with Crippen molar-refractivity contribution in [3.63, 3.8) is 0 Å². The Morgan fingerprint density at radius 3 is 2.40 bits per heavy atom. The number of hydrogen-bond donors (Lipinski definition) is 2. The number of rotatable bonds is 4. The SMILES string of the molecule is COc1ccccc1C(C)(N)CNC(=O)OC(C)(C)C. The number of ether oxygens (including phenoxy) is 2. The van der Waals surface area contributed by atoms with Crippen LogP contribution >= 0.6 is 0 Å². The molecule has 0 aromatic heterocycles. The Bertz CT molecular complexity index is 464. The van der Waals surface area contributed by atoms with Gasteiger partial charge in [-0.3, -0.25) is 0 Å². The van der Waals surface area contributed by atoms with Crippen molar-refractivity contribution in [1.82, 2.24) is 5.32 Å². The van der Waals surface area contributed by atoms with Gasteiger partial charge in [-0.05, 0) is 33.8 Å². The second kappa shape index (κ2) is 6.13. The van der Waals surface area contributed by atoms with Gasteiger partial charge in [0.25, 0.3) is 0 Å². The molecule has 0 heterocycles. The first-order chi connectivity index (χ1) is 9.15. The van der Waals surface area contributed by atoms with Crippen molar-refractivity contribution in [3.05, 3.63) is 29.8 Å². The number of alkyl carbamates (subject to hydrolysis) is 1.